The lowest BCUT2D eigenvalue weighted by Gasteiger charge is -2.33. The molecule has 4 atom stereocenters. The van der Waals surface area contributed by atoms with Crippen LogP contribution in [0.15, 0.2) is 59.1 Å². The van der Waals surface area contributed by atoms with Crippen molar-refractivity contribution < 1.29 is 14.6 Å². The van der Waals surface area contributed by atoms with Gasteiger partial charge in [-0.25, -0.2) is 0 Å². The van der Waals surface area contributed by atoms with Crippen molar-refractivity contribution in [2.24, 2.45) is 5.92 Å². The molecule has 2 aromatic carbocycles. The summed E-state index contributed by atoms with van der Waals surface area (Å²) in [6.07, 6.45) is 0.512. The first-order valence-electron chi connectivity index (χ1n) is 8.59. The van der Waals surface area contributed by atoms with Crippen LogP contribution in [0, 0.1) is 5.92 Å². The van der Waals surface area contributed by atoms with E-state index in [1.165, 1.54) is 0 Å². The average molecular weight is 401 g/mol. The van der Waals surface area contributed by atoms with Gasteiger partial charge in [-0.05, 0) is 49.4 Å². The van der Waals surface area contributed by atoms with Crippen LogP contribution in [0.25, 0.3) is 0 Å². The minimum atomic E-state index is -1.16. The van der Waals surface area contributed by atoms with Crippen LogP contribution in [0.2, 0.25) is 0 Å². The van der Waals surface area contributed by atoms with Crippen molar-refractivity contribution >= 4 is 21.9 Å². The van der Waals surface area contributed by atoms with Crippen molar-refractivity contribution in [3.05, 3.63) is 70.2 Å². The van der Waals surface area contributed by atoms with Crippen LogP contribution in [0.4, 0.5) is 0 Å². The molecule has 0 radical (unpaired) electrons. The Kier molecular flexibility index (Phi) is 3.82. The van der Waals surface area contributed by atoms with E-state index in [4.69, 9.17) is 4.74 Å². The van der Waals surface area contributed by atoms with Crippen molar-refractivity contribution in [3.63, 3.8) is 0 Å². The molecule has 2 fully saturated rings. The Morgan fingerprint density at radius 1 is 1.04 bits per heavy atom. The number of esters is 1. The van der Waals surface area contributed by atoms with Gasteiger partial charge in [0.2, 0.25) is 0 Å². The third kappa shape index (κ3) is 2.46. The number of carbonyl (C=O) groups is 1. The summed E-state index contributed by atoms with van der Waals surface area (Å²) < 4.78 is 6.60. The SMILES string of the molecule is CC1(C)OC(=O)[C@H]2[C@H](c3ccccc3)[C@@H](c3ccc(Br)cc3)C[C@]21O. The largest absolute Gasteiger partial charge is 0.456 e. The van der Waals surface area contributed by atoms with Gasteiger partial charge < -0.3 is 9.84 Å². The number of hydrogen-bond acceptors (Lipinski definition) is 3. The van der Waals surface area contributed by atoms with Crippen molar-refractivity contribution in [3.8, 4) is 0 Å². The molecule has 1 heterocycles. The molecule has 2 aliphatic rings. The van der Waals surface area contributed by atoms with E-state index in [9.17, 15) is 9.90 Å². The fourth-order valence-electron chi connectivity index (χ4n) is 4.62. The van der Waals surface area contributed by atoms with E-state index in [1.54, 1.807) is 0 Å². The first-order valence-corrected chi connectivity index (χ1v) is 9.38. The number of aliphatic hydroxyl groups is 1. The highest BCUT2D eigenvalue weighted by Crippen LogP contribution is 2.61. The number of rotatable bonds is 2. The molecule has 0 aromatic heterocycles. The van der Waals surface area contributed by atoms with Crippen LogP contribution in [0.5, 0.6) is 0 Å². The Morgan fingerprint density at radius 2 is 1.68 bits per heavy atom. The number of benzene rings is 2. The molecule has 0 bridgehead atoms. The zero-order chi connectivity index (χ0) is 17.8. The summed E-state index contributed by atoms with van der Waals surface area (Å²) in [5, 5.41) is 11.5. The van der Waals surface area contributed by atoms with Crippen molar-refractivity contribution in [2.75, 3.05) is 0 Å². The molecule has 1 saturated heterocycles. The van der Waals surface area contributed by atoms with Gasteiger partial charge in [0, 0.05) is 10.4 Å². The standard InChI is InChI=1S/C21H21BrO3/c1-20(2)21(24)12-16(13-8-10-15(22)11-9-13)17(18(21)19(23)25-20)14-6-4-3-5-7-14/h3-11,16-18,24H,12H2,1-2H3/t16-,17-,18-,21+/m1/s1. The summed E-state index contributed by atoms with van der Waals surface area (Å²) in [5.74, 6) is -0.862. The van der Waals surface area contributed by atoms with Gasteiger partial charge in [0.1, 0.15) is 11.2 Å². The third-order valence-corrected chi connectivity index (χ3v) is 6.50. The maximum absolute atomic E-state index is 12.7. The number of hydrogen-bond donors (Lipinski definition) is 1. The molecule has 2 aromatic rings. The highest BCUT2D eigenvalue weighted by atomic mass is 79.9. The Morgan fingerprint density at radius 3 is 2.32 bits per heavy atom. The van der Waals surface area contributed by atoms with Crippen LogP contribution >= 0.6 is 15.9 Å². The predicted octanol–water partition coefficient (Wildman–Crippen LogP) is 4.40. The lowest BCUT2D eigenvalue weighted by Crippen LogP contribution is -2.48. The highest BCUT2D eigenvalue weighted by Gasteiger charge is 2.69. The summed E-state index contributed by atoms with van der Waals surface area (Å²) in [6, 6.07) is 18.2. The molecule has 1 saturated carbocycles. The van der Waals surface area contributed by atoms with Crippen LogP contribution in [0.3, 0.4) is 0 Å². The lowest BCUT2D eigenvalue weighted by atomic mass is 9.76. The molecular weight excluding hydrogens is 380 g/mol. The van der Waals surface area contributed by atoms with Gasteiger partial charge >= 0.3 is 5.97 Å². The quantitative estimate of drug-likeness (QED) is 0.759. The van der Waals surface area contributed by atoms with E-state index in [2.05, 4.69) is 28.1 Å². The van der Waals surface area contributed by atoms with Gasteiger partial charge in [-0.1, -0.05) is 58.4 Å². The highest BCUT2D eigenvalue weighted by molar-refractivity contribution is 9.10. The second-order valence-corrected chi connectivity index (χ2v) is 8.55. The smallest absolute Gasteiger partial charge is 0.313 e. The molecule has 1 aliphatic carbocycles. The number of carbonyl (C=O) groups excluding carboxylic acids is 1. The predicted molar refractivity (Wildman–Crippen MR) is 99.3 cm³/mol. The molecule has 4 heteroatoms. The van der Waals surface area contributed by atoms with Gasteiger partial charge in [0.15, 0.2) is 0 Å². The van der Waals surface area contributed by atoms with Crippen LogP contribution in [0.1, 0.15) is 43.2 Å². The Bertz CT molecular complexity index is 800. The number of ether oxygens (including phenoxy) is 1. The molecule has 1 aliphatic heterocycles. The Labute approximate surface area is 156 Å². The maximum Gasteiger partial charge on any atom is 0.313 e. The van der Waals surface area contributed by atoms with Crippen LogP contribution < -0.4 is 0 Å². The first kappa shape index (κ1) is 16.8. The van der Waals surface area contributed by atoms with Crippen LogP contribution in [-0.2, 0) is 9.53 Å². The van der Waals surface area contributed by atoms with Crippen molar-refractivity contribution in [1.29, 1.82) is 0 Å². The maximum atomic E-state index is 12.7. The van der Waals surface area contributed by atoms with E-state index in [0.717, 1.165) is 15.6 Å². The number of cyclic esters (lactones) is 1. The zero-order valence-corrected chi connectivity index (χ0v) is 15.9. The summed E-state index contributed by atoms with van der Waals surface area (Å²) in [6.45, 7) is 3.63. The molecule has 3 nitrogen and oxygen atoms in total. The van der Waals surface area contributed by atoms with Gasteiger partial charge in [-0.3, -0.25) is 4.79 Å². The van der Waals surface area contributed by atoms with Crippen molar-refractivity contribution in [1.82, 2.24) is 0 Å². The minimum Gasteiger partial charge on any atom is -0.456 e. The van der Waals surface area contributed by atoms with E-state index in [-0.39, 0.29) is 17.8 Å². The van der Waals surface area contributed by atoms with E-state index < -0.39 is 17.1 Å². The molecular formula is C21H21BrO3. The Hall–Kier alpha value is -1.65. The third-order valence-electron chi connectivity index (χ3n) is 5.97. The first-order chi connectivity index (χ1) is 11.8. The molecule has 0 spiro atoms. The fourth-order valence-corrected chi connectivity index (χ4v) is 4.88. The topological polar surface area (TPSA) is 46.5 Å². The second kappa shape index (κ2) is 5.68. The monoisotopic (exact) mass is 400 g/mol. The van der Waals surface area contributed by atoms with Gasteiger partial charge in [0.05, 0.1) is 5.92 Å². The second-order valence-electron chi connectivity index (χ2n) is 7.63. The summed E-state index contributed by atoms with van der Waals surface area (Å²) in [4.78, 5) is 12.7. The molecule has 0 amide bonds. The average Bonchev–Trinajstić information content (AvgIpc) is 2.99. The molecule has 4 rings (SSSR count). The number of fused-ring (bicyclic) bond motifs is 1. The zero-order valence-electron chi connectivity index (χ0n) is 14.3. The van der Waals surface area contributed by atoms with E-state index in [1.807, 2.05) is 56.3 Å². The summed E-state index contributed by atoms with van der Waals surface area (Å²) in [7, 11) is 0. The van der Waals surface area contributed by atoms with Gasteiger partial charge in [-0.2, -0.15) is 0 Å². The van der Waals surface area contributed by atoms with E-state index in [0.29, 0.717) is 6.42 Å². The summed E-state index contributed by atoms with van der Waals surface area (Å²) >= 11 is 3.48. The molecule has 0 unspecified atom stereocenters. The molecule has 25 heavy (non-hydrogen) atoms. The molecule has 130 valence electrons. The lowest BCUT2D eigenvalue weighted by molar-refractivity contribution is -0.153. The van der Waals surface area contributed by atoms with Gasteiger partial charge in [0.25, 0.3) is 0 Å². The Balaban J connectivity index is 1.86. The molecule has 1 N–H and O–H groups in total. The van der Waals surface area contributed by atoms with E-state index >= 15 is 0 Å². The normalized spacial score (nSPS) is 33.1. The van der Waals surface area contributed by atoms with Gasteiger partial charge in [-0.15, -0.1) is 0 Å². The summed E-state index contributed by atoms with van der Waals surface area (Å²) in [5.41, 5.74) is 0.170. The van der Waals surface area contributed by atoms with Crippen LogP contribution in [-0.4, -0.2) is 22.3 Å². The minimum absolute atomic E-state index is 0.0672. The number of halogens is 1. The fraction of sp³-hybridized carbons (Fsp3) is 0.381. The van der Waals surface area contributed by atoms with Crippen molar-refractivity contribution in [2.45, 2.75) is 43.3 Å².